The molecular formula is C16H27NO. The fourth-order valence-corrected chi connectivity index (χ4v) is 2.07. The highest BCUT2D eigenvalue weighted by Gasteiger charge is 2.18. The minimum atomic E-state index is 0.166. The molecule has 2 heteroatoms. The largest absolute Gasteiger partial charge is 0.396 e. The summed E-state index contributed by atoms with van der Waals surface area (Å²) in [5.41, 5.74) is 1.55. The summed E-state index contributed by atoms with van der Waals surface area (Å²) in [5.74, 6) is 0. The van der Waals surface area contributed by atoms with Crippen molar-refractivity contribution in [1.82, 2.24) is 5.32 Å². The highest BCUT2D eigenvalue weighted by Crippen LogP contribution is 2.19. The van der Waals surface area contributed by atoms with Crippen LogP contribution in [0.2, 0.25) is 0 Å². The predicted octanol–water partition coefficient (Wildman–Crippen LogP) is 3.01. The van der Waals surface area contributed by atoms with E-state index >= 15 is 0 Å². The maximum atomic E-state index is 9.03. The average molecular weight is 249 g/mol. The SMILES string of the molecule is CCC(Cc1ccccc1)NCC(C)(C)CCO. The Morgan fingerprint density at radius 3 is 2.44 bits per heavy atom. The normalized spacial score (nSPS) is 13.6. The maximum absolute atomic E-state index is 9.03. The summed E-state index contributed by atoms with van der Waals surface area (Å²) in [5, 5.41) is 12.7. The third-order valence-corrected chi connectivity index (χ3v) is 3.48. The lowest BCUT2D eigenvalue weighted by Gasteiger charge is -2.27. The second-order valence-corrected chi connectivity index (χ2v) is 5.81. The van der Waals surface area contributed by atoms with Gasteiger partial charge in [-0.2, -0.15) is 0 Å². The van der Waals surface area contributed by atoms with Crippen LogP contribution < -0.4 is 5.32 Å². The zero-order chi connectivity index (χ0) is 13.4. The minimum Gasteiger partial charge on any atom is -0.396 e. The molecule has 1 atom stereocenters. The van der Waals surface area contributed by atoms with Crippen molar-refractivity contribution in [2.45, 2.75) is 46.1 Å². The molecule has 0 saturated carbocycles. The summed E-state index contributed by atoms with van der Waals surface area (Å²) in [6.45, 7) is 7.85. The summed E-state index contributed by atoms with van der Waals surface area (Å²) in [7, 11) is 0. The lowest BCUT2D eigenvalue weighted by atomic mass is 9.89. The van der Waals surface area contributed by atoms with Crippen LogP contribution in [0, 0.1) is 5.41 Å². The van der Waals surface area contributed by atoms with E-state index in [1.54, 1.807) is 0 Å². The smallest absolute Gasteiger partial charge is 0.0436 e. The zero-order valence-electron chi connectivity index (χ0n) is 11.9. The van der Waals surface area contributed by atoms with Gasteiger partial charge in [0.1, 0.15) is 0 Å². The van der Waals surface area contributed by atoms with Gasteiger partial charge in [0.25, 0.3) is 0 Å². The molecule has 0 bridgehead atoms. The molecule has 102 valence electrons. The average Bonchev–Trinajstić information content (AvgIpc) is 2.35. The molecular weight excluding hydrogens is 222 g/mol. The second kappa shape index (κ2) is 7.55. The van der Waals surface area contributed by atoms with E-state index in [2.05, 4.69) is 56.4 Å². The van der Waals surface area contributed by atoms with E-state index in [0.717, 1.165) is 25.8 Å². The number of hydrogen-bond donors (Lipinski definition) is 2. The molecule has 0 amide bonds. The number of rotatable bonds is 8. The molecule has 0 radical (unpaired) electrons. The number of aliphatic hydroxyl groups is 1. The first kappa shape index (κ1) is 15.2. The van der Waals surface area contributed by atoms with Crippen molar-refractivity contribution < 1.29 is 5.11 Å². The van der Waals surface area contributed by atoms with Crippen LogP contribution in [0.1, 0.15) is 39.2 Å². The van der Waals surface area contributed by atoms with Crippen LogP contribution in [0.5, 0.6) is 0 Å². The Hall–Kier alpha value is -0.860. The van der Waals surface area contributed by atoms with Gasteiger partial charge >= 0.3 is 0 Å². The molecule has 18 heavy (non-hydrogen) atoms. The number of aliphatic hydroxyl groups excluding tert-OH is 1. The second-order valence-electron chi connectivity index (χ2n) is 5.81. The van der Waals surface area contributed by atoms with Gasteiger partial charge < -0.3 is 10.4 Å². The van der Waals surface area contributed by atoms with E-state index in [9.17, 15) is 0 Å². The third-order valence-electron chi connectivity index (χ3n) is 3.48. The molecule has 0 aromatic heterocycles. The molecule has 0 aliphatic carbocycles. The molecule has 0 spiro atoms. The standard InChI is InChI=1S/C16H27NO/c1-4-15(12-14-8-6-5-7-9-14)17-13-16(2,3)10-11-18/h5-9,15,17-18H,4,10-13H2,1-3H3. The van der Waals surface area contributed by atoms with E-state index in [4.69, 9.17) is 5.11 Å². The van der Waals surface area contributed by atoms with E-state index in [-0.39, 0.29) is 12.0 Å². The molecule has 1 aromatic rings. The molecule has 0 fully saturated rings. The van der Waals surface area contributed by atoms with Crippen molar-refractivity contribution in [2.24, 2.45) is 5.41 Å². The monoisotopic (exact) mass is 249 g/mol. The lowest BCUT2D eigenvalue weighted by molar-refractivity contribution is 0.202. The predicted molar refractivity (Wildman–Crippen MR) is 77.7 cm³/mol. The summed E-state index contributed by atoms with van der Waals surface area (Å²) in [6, 6.07) is 11.1. The maximum Gasteiger partial charge on any atom is 0.0436 e. The van der Waals surface area contributed by atoms with Crippen LogP contribution in [0.3, 0.4) is 0 Å². The first-order valence-corrected chi connectivity index (χ1v) is 6.95. The van der Waals surface area contributed by atoms with Crippen molar-refractivity contribution in [3.8, 4) is 0 Å². The first-order valence-electron chi connectivity index (χ1n) is 6.95. The van der Waals surface area contributed by atoms with Gasteiger partial charge in [0, 0.05) is 19.2 Å². The van der Waals surface area contributed by atoms with Crippen LogP contribution in [0.15, 0.2) is 30.3 Å². The topological polar surface area (TPSA) is 32.3 Å². The number of hydrogen-bond acceptors (Lipinski definition) is 2. The molecule has 1 aromatic carbocycles. The fraction of sp³-hybridized carbons (Fsp3) is 0.625. The van der Waals surface area contributed by atoms with Crippen molar-refractivity contribution in [1.29, 1.82) is 0 Å². The van der Waals surface area contributed by atoms with Crippen molar-refractivity contribution in [3.05, 3.63) is 35.9 Å². The Bertz CT molecular complexity index is 321. The van der Waals surface area contributed by atoms with Gasteiger partial charge in [-0.3, -0.25) is 0 Å². The molecule has 1 unspecified atom stereocenters. The Balaban J connectivity index is 2.43. The van der Waals surface area contributed by atoms with Gasteiger partial charge in [0.15, 0.2) is 0 Å². The van der Waals surface area contributed by atoms with Crippen LogP contribution in [-0.4, -0.2) is 24.3 Å². The van der Waals surface area contributed by atoms with E-state index in [0.29, 0.717) is 6.04 Å². The lowest BCUT2D eigenvalue weighted by Crippen LogP contribution is -2.38. The molecule has 1 rings (SSSR count). The first-order chi connectivity index (χ1) is 8.57. The minimum absolute atomic E-state index is 0.166. The summed E-state index contributed by atoms with van der Waals surface area (Å²) in [6.07, 6.45) is 3.05. The van der Waals surface area contributed by atoms with Crippen molar-refractivity contribution in [3.63, 3.8) is 0 Å². The summed E-state index contributed by atoms with van der Waals surface area (Å²) < 4.78 is 0. The van der Waals surface area contributed by atoms with Gasteiger partial charge in [0.2, 0.25) is 0 Å². The molecule has 2 N–H and O–H groups in total. The van der Waals surface area contributed by atoms with Crippen LogP contribution in [0.4, 0.5) is 0 Å². The molecule has 0 aliphatic heterocycles. The van der Waals surface area contributed by atoms with E-state index in [1.807, 2.05) is 0 Å². The number of benzene rings is 1. The fourth-order valence-electron chi connectivity index (χ4n) is 2.07. The summed E-state index contributed by atoms with van der Waals surface area (Å²) >= 11 is 0. The Labute approximate surface area is 111 Å². The molecule has 0 saturated heterocycles. The third kappa shape index (κ3) is 5.65. The van der Waals surface area contributed by atoms with Crippen LogP contribution in [-0.2, 0) is 6.42 Å². The Morgan fingerprint density at radius 1 is 1.22 bits per heavy atom. The van der Waals surface area contributed by atoms with Crippen molar-refractivity contribution >= 4 is 0 Å². The van der Waals surface area contributed by atoms with Gasteiger partial charge in [-0.15, -0.1) is 0 Å². The van der Waals surface area contributed by atoms with Gasteiger partial charge in [-0.1, -0.05) is 51.1 Å². The molecule has 2 nitrogen and oxygen atoms in total. The van der Waals surface area contributed by atoms with Crippen molar-refractivity contribution in [2.75, 3.05) is 13.2 Å². The van der Waals surface area contributed by atoms with Gasteiger partial charge in [-0.25, -0.2) is 0 Å². The highest BCUT2D eigenvalue weighted by molar-refractivity contribution is 5.15. The Kier molecular flexibility index (Phi) is 6.37. The zero-order valence-corrected chi connectivity index (χ0v) is 11.9. The molecule has 0 aliphatic rings. The van der Waals surface area contributed by atoms with E-state index < -0.39 is 0 Å². The van der Waals surface area contributed by atoms with E-state index in [1.165, 1.54) is 5.56 Å². The van der Waals surface area contributed by atoms with Gasteiger partial charge in [-0.05, 0) is 30.2 Å². The van der Waals surface area contributed by atoms with Crippen LogP contribution >= 0.6 is 0 Å². The highest BCUT2D eigenvalue weighted by atomic mass is 16.3. The van der Waals surface area contributed by atoms with Gasteiger partial charge in [0.05, 0.1) is 0 Å². The van der Waals surface area contributed by atoms with Crippen LogP contribution in [0.25, 0.3) is 0 Å². The summed E-state index contributed by atoms with van der Waals surface area (Å²) in [4.78, 5) is 0. The molecule has 0 heterocycles. The Morgan fingerprint density at radius 2 is 1.89 bits per heavy atom. The quantitative estimate of drug-likeness (QED) is 0.742. The number of nitrogens with one attached hydrogen (secondary N) is 1.